The second-order valence-electron chi connectivity index (χ2n) is 4.63. The molecule has 0 bridgehead atoms. The standard InChI is InChI=1S/C15H18N4O2/c1-3-16-14-10-9-13(19(20)21)15(18-14)17-11(2)12-7-5-4-6-8-12/h4-11H,3H2,1-2H3,(H2,16,17,18). The molecule has 0 saturated heterocycles. The highest BCUT2D eigenvalue weighted by atomic mass is 16.6. The molecule has 0 radical (unpaired) electrons. The fourth-order valence-corrected chi connectivity index (χ4v) is 2.02. The van der Waals surface area contributed by atoms with E-state index in [0.717, 1.165) is 5.56 Å². The number of hydrogen-bond acceptors (Lipinski definition) is 5. The van der Waals surface area contributed by atoms with Gasteiger partial charge in [0.15, 0.2) is 0 Å². The average Bonchev–Trinajstić information content (AvgIpc) is 2.48. The summed E-state index contributed by atoms with van der Waals surface area (Å²) in [5.74, 6) is 0.890. The fourth-order valence-electron chi connectivity index (χ4n) is 2.02. The molecule has 0 aliphatic heterocycles. The lowest BCUT2D eigenvalue weighted by Crippen LogP contribution is -2.11. The van der Waals surface area contributed by atoms with Gasteiger partial charge in [0.25, 0.3) is 0 Å². The van der Waals surface area contributed by atoms with E-state index in [-0.39, 0.29) is 17.5 Å². The average molecular weight is 286 g/mol. The van der Waals surface area contributed by atoms with Gasteiger partial charge in [0.2, 0.25) is 5.82 Å². The van der Waals surface area contributed by atoms with Crippen LogP contribution in [0.2, 0.25) is 0 Å². The first kappa shape index (κ1) is 14.8. The molecule has 1 aromatic carbocycles. The van der Waals surface area contributed by atoms with Crippen LogP contribution in [0.15, 0.2) is 42.5 Å². The molecule has 1 atom stereocenters. The molecule has 0 aliphatic carbocycles. The molecule has 6 heteroatoms. The maximum Gasteiger partial charge on any atom is 0.311 e. The molecule has 6 nitrogen and oxygen atoms in total. The van der Waals surface area contributed by atoms with Crippen molar-refractivity contribution in [3.63, 3.8) is 0 Å². The summed E-state index contributed by atoms with van der Waals surface area (Å²) in [7, 11) is 0. The lowest BCUT2D eigenvalue weighted by atomic mass is 10.1. The summed E-state index contributed by atoms with van der Waals surface area (Å²) in [6.07, 6.45) is 0. The zero-order valence-corrected chi connectivity index (χ0v) is 12.0. The van der Waals surface area contributed by atoms with Gasteiger partial charge in [0.05, 0.1) is 11.0 Å². The Labute approximate surface area is 123 Å². The fraction of sp³-hybridized carbons (Fsp3) is 0.267. The van der Waals surface area contributed by atoms with Crippen LogP contribution in [0.1, 0.15) is 25.5 Å². The lowest BCUT2D eigenvalue weighted by Gasteiger charge is -2.15. The van der Waals surface area contributed by atoms with Gasteiger partial charge < -0.3 is 10.6 Å². The van der Waals surface area contributed by atoms with Gasteiger partial charge in [-0.3, -0.25) is 10.1 Å². The van der Waals surface area contributed by atoms with Crippen molar-refractivity contribution in [3.05, 3.63) is 58.1 Å². The number of anilines is 2. The first-order chi connectivity index (χ1) is 10.1. The number of hydrogen-bond donors (Lipinski definition) is 2. The first-order valence-electron chi connectivity index (χ1n) is 6.82. The Kier molecular flexibility index (Phi) is 4.71. The normalized spacial score (nSPS) is 11.7. The largest absolute Gasteiger partial charge is 0.370 e. The van der Waals surface area contributed by atoms with Crippen molar-refractivity contribution in [1.82, 2.24) is 4.98 Å². The van der Waals surface area contributed by atoms with E-state index in [1.54, 1.807) is 6.07 Å². The molecule has 21 heavy (non-hydrogen) atoms. The molecule has 1 heterocycles. The maximum atomic E-state index is 11.1. The minimum absolute atomic E-state index is 0.0283. The van der Waals surface area contributed by atoms with Crippen LogP contribution in [0.3, 0.4) is 0 Å². The monoisotopic (exact) mass is 286 g/mol. The van der Waals surface area contributed by atoms with Crippen molar-refractivity contribution in [1.29, 1.82) is 0 Å². The second kappa shape index (κ2) is 6.69. The molecule has 2 N–H and O–H groups in total. The summed E-state index contributed by atoms with van der Waals surface area (Å²) in [5, 5.41) is 17.3. The Morgan fingerprint density at radius 3 is 2.57 bits per heavy atom. The van der Waals surface area contributed by atoms with Gasteiger partial charge in [-0.05, 0) is 25.5 Å². The number of nitrogens with zero attached hydrogens (tertiary/aromatic N) is 2. The van der Waals surface area contributed by atoms with Crippen LogP contribution in [-0.4, -0.2) is 16.5 Å². The highest BCUT2D eigenvalue weighted by molar-refractivity contribution is 5.61. The Hall–Kier alpha value is -2.63. The molecular weight excluding hydrogens is 268 g/mol. The molecular formula is C15H18N4O2. The molecule has 0 spiro atoms. The van der Waals surface area contributed by atoms with Crippen LogP contribution < -0.4 is 10.6 Å². The number of aromatic nitrogens is 1. The molecule has 0 aliphatic rings. The molecule has 0 saturated carbocycles. The third-order valence-electron chi connectivity index (χ3n) is 3.08. The van der Waals surface area contributed by atoms with Crippen molar-refractivity contribution >= 4 is 17.3 Å². The third-order valence-corrected chi connectivity index (χ3v) is 3.08. The van der Waals surface area contributed by atoms with Crippen molar-refractivity contribution in [2.75, 3.05) is 17.2 Å². The minimum atomic E-state index is -0.428. The minimum Gasteiger partial charge on any atom is -0.370 e. The molecule has 110 valence electrons. The second-order valence-corrected chi connectivity index (χ2v) is 4.63. The van der Waals surface area contributed by atoms with Gasteiger partial charge in [0.1, 0.15) is 5.82 Å². The summed E-state index contributed by atoms with van der Waals surface area (Å²) >= 11 is 0. The zero-order chi connectivity index (χ0) is 15.2. The highest BCUT2D eigenvalue weighted by Gasteiger charge is 2.18. The molecule has 0 fully saturated rings. The SMILES string of the molecule is CCNc1ccc([N+](=O)[O-])c(NC(C)c2ccccc2)n1. The topological polar surface area (TPSA) is 80.1 Å². The van der Waals surface area contributed by atoms with E-state index in [4.69, 9.17) is 0 Å². The Morgan fingerprint density at radius 2 is 1.95 bits per heavy atom. The van der Waals surface area contributed by atoms with Crippen molar-refractivity contribution < 1.29 is 4.92 Å². The molecule has 2 rings (SSSR count). The van der Waals surface area contributed by atoms with Crippen LogP contribution in [0.25, 0.3) is 0 Å². The molecule has 1 unspecified atom stereocenters. The van der Waals surface area contributed by atoms with Gasteiger partial charge in [-0.15, -0.1) is 0 Å². The zero-order valence-electron chi connectivity index (χ0n) is 12.0. The van der Waals surface area contributed by atoms with E-state index in [1.165, 1.54) is 6.07 Å². The van der Waals surface area contributed by atoms with Crippen molar-refractivity contribution in [2.45, 2.75) is 19.9 Å². The summed E-state index contributed by atoms with van der Waals surface area (Å²) in [6.45, 7) is 4.60. The number of benzene rings is 1. The Balaban J connectivity index is 2.28. The van der Waals surface area contributed by atoms with E-state index >= 15 is 0 Å². The molecule has 0 amide bonds. The number of nitrogens with one attached hydrogen (secondary N) is 2. The van der Waals surface area contributed by atoms with E-state index in [0.29, 0.717) is 12.4 Å². The third kappa shape index (κ3) is 3.68. The van der Waals surface area contributed by atoms with Crippen molar-refractivity contribution in [2.24, 2.45) is 0 Å². The summed E-state index contributed by atoms with van der Waals surface area (Å²) in [4.78, 5) is 15.0. The van der Waals surface area contributed by atoms with Gasteiger partial charge in [0, 0.05) is 12.6 Å². The van der Waals surface area contributed by atoms with Crippen molar-refractivity contribution in [3.8, 4) is 0 Å². The quantitative estimate of drug-likeness (QED) is 0.626. The summed E-state index contributed by atoms with van der Waals surface area (Å²) < 4.78 is 0. The van der Waals surface area contributed by atoms with Gasteiger partial charge >= 0.3 is 5.69 Å². The van der Waals surface area contributed by atoms with Crippen LogP contribution in [0.5, 0.6) is 0 Å². The first-order valence-corrected chi connectivity index (χ1v) is 6.82. The molecule has 1 aromatic heterocycles. The van der Waals surface area contributed by atoms with E-state index in [1.807, 2.05) is 44.2 Å². The smallest absolute Gasteiger partial charge is 0.311 e. The summed E-state index contributed by atoms with van der Waals surface area (Å²) in [6, 6.07) is 12.7. The van der Waals surface area contributed by atoms with Crippen LogP contribution in [0, 0.1) is 10.1 Å². The molecule has 2 aromatic rings. The highest BCUT2D eigenvalue weighted by Crippen LogP contribution is 2.27. The Bertz CT molecular complexity index is 616. The maximum absolute atomic E-state index is 11.1. The van der Waals surface area contributed by atoms with Crippen LogP contribution in [-0.2, 0) is 0 Å². The van der Waals surface area contributed by atoms with Crippen LogP contribution in [0.4, 0.5) is 17.3 Å². The predicted octanol–water partition coefficient (Wildman–Crippen LogP) is 3.59. The number of pyridine rings is 1. The number of rotatable bonds is 6. The van der Waals surface area contributed by atoms with Gasteiger partial charge in [-0.1, -0.05) is 30.3 Å². The van der Waals surface area contributed by atoms with Gasteiger partial charge in [-0.2, -0.15) is 0 Å². The van der Waals surface area contributed by atoms with E-state index < -0.39 is 4.92 Å². The van der Waals surface area contributed by atoms with Crippen LogP contribution >= 0.6 is 0 Å². The summed E-state index contributed by atoms with van der Waals surface area (Å²) in [5.41, 5.74) is 1.02. The van der Waals surface area contributed by atoms with E-state index in [2.05, 4.69) is 15.6 Å². The predicted molar refractivity (Wildman–Crippen MR) is 83.5 cm³/mol. The number of nitro groups is 1. The Morgan fingerprint density at radius 1 is 1.24 bits per heavy atom. The van der Waals surface area contributed by atoms with E-state index in [9.17, 15) is 10.1 Å². The lowest BCUT2D eigenvalue weighted by molar-refractivity contribution is -0.384. The van der Waals surface area contributed by atoms with Gasteiger partial charge in [-0.25, -0.2) is 4.98 Å².